The fourth-order valence-corrected chi connectivity index (χ4v) is 2.25. The van der Waals surface area contributed by atoms with E-state index in [1.165, 1.54) is 7.11 Å². The molecular weight excluding hydrogens is 288 g/mol. The van der Waals surface area contributed by atoms with Gasteiger partial charge in [0.2, 0.25) is 5.88 Å². The van der Waals surface area contributed by atoms with Crippen molar-refractivity contribution in [3.63, 3.8) is 0 Å². The molecule has 0 spiro atoms. The number of methoxy groups -OCH3 is 1. The van der Waals surface area contributed by atoms with Gasteiger partial charge >= 0.3 is 0 Å². The second-order valence-corrected chi connectivity index (χ2v) is 4.98. The van der Waals surface area contributed by atoms with Gasteiger partial charge in [-0.3, -0.25) is 10.2 Å². The number of thioether (sulfide) groups is 1. The van der Waals surface area contributed by atoms with Crippen LogP contribution < -0.4 is 10.1 Å². The summed E-state index contributed by atoms with van der Waals surface area (Å²) in [5, 5.41) is 18.5. The largest absolute Gasteiger partial charge is 0.480 e. The van der Waals surface area contributed by atoms with E-state index in [-0.39, 0.29) is 16.8 Å². The Morgan fingerprint density at radius 2 is 2.19 bits per heavy atom. The van der Waals surface area contributed by atoms with Crippen molar-refractivity contribution in [1.29, 1.82) is 10.8 Å². The molecule has 0 bridgehead atoms. The maximum Gasteiger partial charge on any atom is 0.256 e. The molecule has 0 unspecified atom stereocenters. The molecule has 7 heteroatoms. The van der Waals surface area contributed by atoms with Crippen molar-refractivity contribution in [2.45, 2.75) is 0 Å². The fourth-order valence-electron chi connectivity index (χ4n) is 1.87. The van der Waals surface area contributed by atoms with Crippen LogP contribution in [0.25, 0.3) is 10.9 Å². The van der Waals surface area contributed by atoms with Crippen LogP contribution >= 0.6 is 11.8 Å². The Balaban J connectivity index is 2.56. The van der Waals surface area contributed by atoms with E-state index in [4.69, 9.17) is 15.6 Å². The zero-order valence-corrected chi connectivity index (χ0v) is 12.4. The molecule has 0 saturated heterocycles. The van der Waals surface area contributed by atoms with E-state index < -0.39 is 0 Å². The summed E-state index contributed by atoms with van der Waals surface area (Å²) in [6.45, 7) is 0. The number of rotatable bonds is 4. The molecule has 21 heavy (non-hydrogen) atoms. The number of amides is 1. The molecule has 1 aromatic carbocycles. The molecule has 3 N–H and O–H groups in total. The molecule has 108 valence electrons. The lowest BCUT2D eigenvalue weighted by molar-refractivity contribution is 0.0959. The quantitative estimate of drug-likeness (QED) is 0.596. The average Bonchev–Trinajstić information content (AvgIpc) is 2.52. The Bertz CT molecular complexity index is 730. The lowest BCUT2D eigenvalue weighted by Gasteiger charge is -2.09. The third-order valence-corrected chi connectivity index (χ3v) is 3.48. The van der Waals surface area contributed by atoms with Crippen molar-refractivity contribution in [2.75, 3.05) is 14.2 Å². The zero-order valence-electron chi connectivity index (χ0n) is 11.6. The van der Waals surface area contributed by atoms with Gasteiger partial charge in [0.15, 0.2) is 0 Å². The van der Waals surface area contributed by atoms with Gasteiger partial charge in [0.25, 0.3) is 5.91 Å². The van der Waals surface area contributed by atoms with Crippen LogP contribution in [0.4, 0.5) is 0 Å². The summed E-state index contributed by atoms with van der Waals surface area (Å²) in [4.78, 5) is 16.1. The Morgan fingerprint density at radius 3 is 2.81 bits per heavy atom. The van der Waals surface area contributed by atoms with Gasteiger partial charge in [-0.25, -0.2) is 4.98 Å². The zero-order chi connectivity index (χ0) is 15.4. The molecular formula is C14H14N4O2S. The van der Waals surface area contributed by atoms with Crippen LogP contribution in [0.15, 0.2) is 24.3 Å². The molecule has 0 aliphatic heterocycles. The normalized spacial score (nSPS) is 10.2. The topological polar surface area (TPSA) is 98.9 Å². The van der Waals surface area contributed by atoms with E-state index in [1.54, 1.807) is 31.3 Å². The third kappa shape index (κ3) is 3.03. The minimum absolute atomic E-state index is 0.241. The van der Waals surface area contributed by atoms with Crippen LogP contribution in [0.1, 0.15) is 15.9 Å². The molecule has 0 atom stereocenters. The highest BCUT2D eigenvalue weighted by molar-refractivity contribution is 8.25. The molecule has 2 aromatic rings. The van der Waals surface area contributed by atoms with Crippen LogP contribution in [0.5, 0.6) is 5.88 Å². The Labute approximate surface area is 125 Å². The summed E-state index contributed by atoms with van der Waals surface area (Å²) in [6, 6.07) is 7.01. The monoisotopic (exact) mass is 302 g/mol. The third-order valence-electron chi connectivity index (χ3n) is 2.89. The van der Waals surface area contributed by atoms with Gasteiger partial charge in [-0.1, -0.05) is 23.9 Å². The molecule has 0 aliphatic carbocycles. The predicted molar refractivity (Wildman–Crippen MR) is 84.9 cm³/mol. The molecule has 0 aliphatic rings. The summed E-state index contributed by atoms with van der Waals surface area (Å²) in [5.74, 6) is -0.0253. The molecule has 1 heterocycles. The lowest BCUT2D eigenvalue weighted by Crippen LogP contribution is -2.19. The number of carbonyl (C=O) groups is 1. The van der Waals surface area contributed by atoms with Gasteiger partial charge in [-0.15, -0.1) is 0 Å². The smallest absolute Gasteiger partial charge is 0.256 e. The molecule has 1 amide bonds. The second-order valence-electron chi connectivity index (χ2n) is 4.10. The number of fused-ring (bicyclic) bond motifs is 1. The van der Waals surface area contributed by atoms with Crippen molar-refractivity contribution < 1.29 is 9.53 Å². The number of ether oxygens (including phenoxy) is 1. The molecule has 0 fully saturated rings. The van der Waals surface area contributed by atoms with E-state index in [0.29, 0.717) is 16.6 Å². The van der Waals surface area contributed by atoms with Crippen molar-refractivity contribution in [3.05, 3.63) is 35.4 Å². The van der Waals surface area contributed by atoms with Gasteiger partial charge in [0, 0.05) is 18.0 Å². The highest BCUT2D eigenvalue weighted by atomic mass is 32.2. The van der Waals surface area contributed by atoms with Crippen LogP contribution in [0.2, 0.25) is 0 Å². The molecule has 1 aromatic heterocycles. The fraction of sp³-hybridized carbons (Fsp3) is 0.143. The number of pyridine rings is 1. The maximum absolute atomic E-state index is 11.8. The van der Waals surface area contributed by atoms with Crippen LogP contribution in [0, 0.1) is 10.8 Å². The summed E-state index contributed by atoms with van der Waals surface area (Å²) < 4.78 is 5.16. The summed E-state index contributed by atoms with van der Waals surface area (Å²) in [6.07, 6.45) is 0. The highest BCUT2D eigenvalue weighted by Crippen LogP contribution is 2.24. The van der Waals surface area contributed by atoms with Crippen LogP contribution in [0.3, 0.4) is 0 Å². The van der Waals surface area contributed by atoms with E-state index in [1.807, 2.05) is 0 Å². The Kier molecular flexibility index (Phi) is 4.54. The molecule has 2 rings (SSSR count). The van der Waals surface area contributed by atoms with Gasteiger partial charge < -0.3 is 15.5 Å². The second kappa shape index (κ2) is 6.36. The number of nitrogens with zero attached hydrogens (tertiary/aromatic N) is 1. The lowest BCUT2D eigenvalue weighted by atomic mass is 10.1. The first-order valence-corrected chi connectivity index (χ1v) is 6.94. The minimum Gasteiger partial charge on any atom is -0.480 e. The van der Waals surface area contributed by atoms with Crippen LogP contribution in [-0.4, -0.2) is 35.6 Å². The van der Waals surface area contributed by atoms with Gasteiger partial charge in [0.1, 0.15) is 5.56 Å². The van der Waals surface area contributed by atoms with E-state index in [0.717, 1.165) is 22.7 Å². The summed E-state index contributed by atoms with van der Waals surface area (Å²) in [5.41, 5.74) is 2.77. The van der Waals surface area contributed by atoms with Gasteiger partial charge in [-0.2, -0.15) is 0 Å². The minimum atomic E-state index is -0.266. The Hall–Kier alpha value is -2.41. The first-order chi connectivity index (χ1) is 10.1. The van der Waals surface area contributed by atoms with E-state index >= 15 is 0 Å². The first-order valence-electron chi connectivity index (χ1n) is 6.06. The van der Waals surface area contributed by atoms with Crippen molar-refractivity contribution in [2.24, 2.45) is 0 Å². The summed E-state index contributed by atoms with van der Waals surface area (Å²) in [7, 11) is 3.00. The molecule has 6 nitrogen and oxygen atoms in total. The first kappa shape index (κ1) is 15.0. The number of hydrogen-bond donors (Lipinski definition) is 3. The Morgan fingerprint density at radius 1 is 1.43 bits per heavy atom. The maximum atomic E-state index is 11.8. The van der Waals surface area contributed by atoms with Crippen LogP contribution in [-0.2, 0) is 0 Å². The number of carbonyl (C=O) groups excluding carboxylic acids is 1. The van der Waals surface area contributed by atoms with E-state index in [9.17, 15) is 4.79 Å². The number of hydrogen-bond acceptors (Lipinski definition) is 6. The molecule has 0 saturated carbocycles. The number of aromatic nitrogens is 1. The van der Waals surface area contributed by atoms with Gasteiger partial charge in [0.05, 0.1) is 23.2 Å². The summed E-state index contributed by atoms with van der Waals surface area (Å²) >= 11 is 1.02. The molecule has 0 radical (unpaired) electrons. The van der Waals surface area contributed by atoms with Gasteiger partial charge in [-0.05, 0) is 12.1 Å². The van der Waals surface area contributed by atoms with Crippen molar-refractivity contribution in [3.8, 4) is 5.88 Å². The highest BCUT2D eigenvalue weighted by Gasteiger charge is 2.14. The number of nitrogens with one attached hydrogen (secondary N) is 3. The predicted octanol–water partition coefficient (Wildman–Crippen LogP) is 2.27. The van der Waals surface area contributed by atoms with Crippen molar-refractivity contribution >= 4 is 39.2 Å². The van der Waals surface area contributed by atoms with E-state index in [2.05, 4.69) is 10.3 Å². The standard InChI is InChI=1S/C14H14N4O2S/c1-17-13(19)10-5-8-3-4-9(12(16)21-7-15)6-11(8)18-14(10)20-2/h3-7,15-16H,1-2H3,(H,17,19). The SMILES string of the molecule is CNC(=O)c1cc2ccc(C(=N)SC=N)cc2nc1OC. The average molecular weight is 302 g/mol. The van der Waals surface area contributed by atoms with Crippen molar-refractivity contribution in [1.82, 2.24) is 10.3 Å². The number of benzene rings is 1.